The van der Waals surface area contributed by atoms with Crippen molar-refractivity contribution in [1.29, 1.82) is 0 Å². The summed E-state index contributed by atoms with van der Waals surface area (Å²) in [6, 6.07) is 4.80. The summed E-state index contributed by atoms with van der Waals surface area (Å²) in [5.74, 6) is 2.64. The smallest absolute Gasteiger partial charge is 0.193 e. The maximum Gasteiger partial charge on any atom is 0.193 e. The second kappa shape index (κ2) is 9.72. The highest BCUT2D eigenvalue weighted by molar-refractivity contribution is 7.10. The number of guanidine groups is 1. The number of morpholine rings is 1. The minimum absolute atomic E-state index is 0.393. The third kappa shape index (κ3) is 5.21. The first-order valence-corrected chi connectivity index (χ1v) is 10.9. The van der Waals surface area contributed by atoms with Crippen LogP contribution < -0.4 is 5.32 Å². The van der Waals surface area contributed by atoms with Gasteiger partial charge in [0.15, 0.2) is 5.96 Å². The Kier molecular flexibility index (Phi) is 7.34. The Bertz CT molecular complexity index is 554. The van der Waals surface area contributed by atoms with Gasteiger partial charge in [-0.1, -0.05) is 19.9 Å². The van der Waals surface area contributed by atoms with Gasteiger partial charge in [0.25, 0.3) is 0 Å². The molecule has 3 rings (SSSR count). The lowest BCUT2D eigenvalue weighted by Crippen LogP contribution is -2.47. The molecule has 146 valence electrons. The van der Waals surface area contributed by atoms with Gasteiger partial charge in [0.1, 0.15) is 0 Å². The van der Waals surface area contributed by atoms with Crippen LogP contribution in [0.5, 0.6) is 0 Å². The van der Waals surface area contributed by atoms with Gasteiger partial charge in [-0.3, -0.25) is 9.89 Å². The lowest BCUT2D eigenvalue weighted by atomic mass is 9.97. The summed E-state index contributed by atoms with van der Waals surface area (Å²) < 4.78 is 5.55. The Morgan fingerprint density at radius 1 is 1.35 bits per heavy atom. The first-order valence-electron chi connectivity index (χ1n) is 9.98. The highest BCUT2D eigenvalue weighted by Gasteiger charge is 2.27. The number of rotatable bonds is 6. The first kappa shape index (κ1) is 19.6. The van der Waals surface area contributed by atoms with Crippen LogP contribution in [-0.4, -0.2) is 68.7 Å². The van der Waals surface area contributed by atoms with Crippen molar-refractivity contribution < 1.29 is 4.74 Å². The summed E-state index contributed by atoms with van der Waals surface area (Å²) in [6.07, 6.45) is 2.61. The molecule has 1 aromatic heterocycles. The molecule has 0 aromatic carbocycles. The van der Waals surface area contributed by atoms with Crippen LogP contribution in [0, 0.1) is 11.8 Å². The molecule has 1 aromatic rings. The Morgan fingerprint density at radius 2 is 2.15 bits per heavy atom. The predicted octanol–water partition coefficient (Wildman–Crippen LogP) is 3.06. The Balaban J connectivity index is 1.58. The van der Waals surface area contributed by atoms with E-state index in [1.807, 2.05) is 18.4 Å². The van der Waals surface area contributed by atoms with Crippen LogP contribution in [0.2, 0.25) is 0 Å². The van der Waals surface area contributed by atoms with Gasteiger partial charge in [-0.05, 0) is 36.1 Å². The first-order chi connectivity index (χ1) is 12.7. The van der Waals surface area contributed by atoms with Crippen molar-refractivity contribution in [2.75, 3.05) is 53.0 Å². The number of aliphatic imine (C=N–C) groups is 1. The molecule has 5 nitrogen and oxygen atoms in total. The van der Waals surface area contributed by atoms with E-state index < -0.39 is 0 Å². The monoisotopic (exact) mass is 378 g/mol. The van der Waals surface area contributed by atoms with Crippen LogP contribution in [-0.2, 0) is 4.74 Å². The van der Waals surface area contributed by atoms with Gasteiger partial charge in [0.05, 0.1) is 19.3 Å². The summed E-state index contributed by atoms with van der Waals surface area (Å²) in [4.78, 5) is 11.0. The average molecular weight is 379 g/mol. The molecule has 0 radical (unpaired) electrons. The zero-order valence-electron chi connectivity index (χ0n) is 16.5. The van der Waals surface area contributed by atoms with E-state index in [1.54, 1.807) is 0 Å². The zero-order chi connectivity index (χ0) is 18.4. The van der Waals surface area contributed by atoms with Crippen molar-refractivity contribution in [3.8, 4) is 0 Å². The van der Waals surface area contributed by atoms with Gasteiger partial charge in [0, 0.05) is 44.6 Å². The molecule has 6 heteroatoms. The van der Waals surface area contributed by atoms with Crippen molar-refractivity contribution >= 4 is 17.3 Å². The Morgan fingerprint density at radius 3 is 2.81 bits per heavy atom. The van der Waals surface area contributed by atoms with Crippen molar-refractivity contribution in [3.63, 3.8) is 0 Å². The molecule has 2 saturated heterocycles. The third-order valence-electron chi connectivity index (χ3n) is 5.41. The lowest BCUT2D eigenvalue weighted by Gasteiger charge is -2.35. The van der Waals surface area contributed by atoms with Crippen LogP contribution >= 0.6 is 11.3 Å². The minimum Gasteiger partial charge on any atom is -0.379 e. The van der Waals surface area contributed by atoms with Gasteiger partial charge in [-0.25, -0.2) is 0 Å². The molecule has 2 fully saturated rings. The summed E-state index contributed by atoms with van der Waals surface area (Å²) >= 11 is 1.85. The standard InChI is InChI=1S/C20H34N4OS/c1-16(2)13-17-6-7-24(15-17)20(21-3)22-14-18(19-5-4-12-26-19)23-8-10-25-11-9-23/h4-5,12,16-18H,6-11,13-15H2,1-3H3,(H,21,22). The van der Waals surface area contributed by atoms with E-state index in [-0.39, 0.29) is 0 Å². The highest BCUT2D eigenvalue weighted by Crippen LogP contribution is 2.26. The number of likely N-dealkylation sites (tertiary alicyclic amines) is 1. The normalized spacial score (nSPS) is 23.6. The van der Waals surface area contributed by atoms with E-state index in [0.717, 1.165) is 63.7 Å². The fraction of sp³-hybridized carbons (Fsp3) is 0.750. The van der Waals surface area contributed by atoms with Crippen LogP contribution in [0.1, 0.15) is 37.6 Å². The van der Waals surface area contributed by atoms with E-state index in [0.29, 0.717) is 6.04 Å². The van der Waals surface area contributed by atoms with Crippen molar-refractivity contribution in [2.24, 2.45) is 16.8 Å². The van der Waals surface area contributed by atoms with Gasteiger partial charge in [-0.15, -0.1) is 11.3 Å². The number of hydrogen-bond acceptors (Lipinski definition) is 4. The van der Waals surface area contributed by atoms with Gasteiger partial charge in [-0.2, -0.15) is 0 Å². The van der Waals surface area contributed by atoms with E-state index in [4.69, 9.17) is 4.74 Å². The Hall–Kier alpha value is -1.11. The van der Waals surface area contributed by atoms with Crippen LogP contribution in [0.25, 0.3) is 0 Å². The summed E-state index contributed by atoms with van der Waals surface area (Å²) in [5, 5.41) is 5.85. The minimum atomic E-state index is 0.393. The molecular weight excluding hydrogens is 344 g/mol. The molecule has 0 spiro atoms. The predicted molar refractivity (Wildman–Crippen MR) is 110 cm³/mol. The molecule has 3 heterocycles. The maximum absolute atomic E-state index is 5.55. The highest BCUT2D eigenvalue weighted by atomic mass is 32.1. The Labute approximate surface area is 162 Å². The summed E-state index contributed by atoms with van der Waals surface area (Å²) in [6.45, 7) is 11.5. The third-order valence-corrected chi connectivity index (χ3v) is 6.39. The second-order valence-electron chi connectivity index (χ2n) is 7.84. The van der Waals surface area contributed by atoms with Gasteiger partial charge in [0.2, 0.25) is 0 Å². The average Bonchev–Trinajstić information content (AvgIpc) is 3.31. The number of ether oxygens (including phenoxy) is 1. The lowest BCUT2D eigenvalue weighted by molar-refractivity contribution is 0.0176. The molecule has 0 bridgehead atoms. The van der Waals surface area contributed by atoms with E-state index in [1.165, 1.54) is 17.7 Å². The molecule has 2 unspecified atom stereocenters. The van der Waals surface area contributed by atoms with E-state index >= 15 is 0 Å². The van der Waals surface area contributed by atoms with Gasteiger partial charge >= 0.3 is 0 Å². The molecule has 2 aliphatic heterocycles. The van der Waals surface area contributed by atoms with Crippen LogP contribution in [0.4, 0.5) is 0 Å². The van der Waals surface area contributed by atoms with Crippen LogP contribution in [0.15, 0.2) is 22.5 Å². The van der Waals surface area contributed by atoms with Crippen molar-refractivity contribution in [2.45, 2.75) is 32.7 Å². The zero-order valence-corrected chi connectivity index (χ0v) is 17.3. The number of nitrogens with zero attached hydrogens (tertiary/aromatic N) is 3. The molecule has 0 aliphatic carbocycles. The molecule has 0 amide bonds. The SMILES string of the molecule is CN=C(NCC(c1cccs1)N1CCOCC1)N1CCC(CC(C)C)C1. The van der Waals surface area contributed by atoms with Gasteiger partial charge < -0.3 is 15.0 Å². The molecule has 2 aliphatic rings. The fourth-order valence-electron chi connectivity index (χ4n) is 4.18. The van der Waals surface area contributed by atoms with E-state index in [2.05, 4.69) is 51.5 Å². The quantitative estimate of drug-likeness (QED) is 0.610. The second-order valence-corrected chi connectivity index (χ2v) is 8.82. The number of thiophene rings is 1. The molecule has 2 atom stereocenters. The summed E-state index contributed by atoms with van der Waals surface area (Å²) in [5.41, 5.74) is 0. The topological polar surface area (TPSA) is 40.1 Å². The van der Waals surface area contributed by atoms with Crippen molar-refractivity contribution in [3.05, 3.63) is 22.4 Å². The number of nitrogens with one attached hydrogen (secondary N) is 1. The molecule has 1 N–H and O–H groups in total. The molecular formula is C20H34N4OS. The largest absolute Gasteiger partial charge is 0.379 e. The van der Waals surface area contributed by atoms with Crippen LogP contribution in [0.3, 0.4) is 0 Å². The fourth-order valence-corrected chi connectivity index (χ4v) is 5.04. The molecule has 26 heavy (non-hydrogen) atoms. The maximum atomic E-state index is 5.55. The molecule has 0 saturated carbocycles. The van der Waals surface area contributed by atoms with E-state index in [9.17, 15) is 0 Å². The summed E-state index contributed by atoms with van der Waals surface area (Å²) in [7, 11) is 1.91. The van der Waals surface area contributed by atoms with Crippen molar-refractivity contribution in [1.82, 2.24) is 15.1 Å². The number of hydrogen-bond donors (Lipinski definition) is 1.